The first kappa shape index (κ1) is 12.9. The van der Waals surface area contributed by atoms with E-state index >= 15 is 0 Å². The highest BCUT2D eigenvalue weighted by atomic mass is 35.5. The molecule has 0 radical (unpaired) electrons. The quantitative estimate of drug-likeness (QED) is 0.870. The molecule has 2 nitrogen and oxygen atoms in total. The minimum Gasteiger partial charge on any atom is -0.321 e. The third-order valence-corrected chi connectivity index (χ3v) is 2.83. The first-order valence-electron chi connectivity index (χ1n) is 5.08. The van der Waals surface area contributed by atoms with Crippen molar-refractivity contribution in [2.24, 2.45) is 0 Å². The lowest BCUT2D eigenvalue weighted by Gasteiger charge is -2.07. The molecule has 2 aromatic rings. The number of carbonyl (C=O) groups is 1. The molecule has 0 spiro atoms. The molecule has 0 aliphatic carbocycles. The largest absolute Gasteiger partial charge is 0.321 e. The van der Waals surface area contributed by atoms with Gasteiger partial charge in [0.1, 0.15) is 5.82 Å². The molecule has 0 saturated heterocycles. The van der Waals surface area contributed by atoms with Crippen molar-refractivity contribution in [3.63, 3.8) is 0 Å². The van der Waals surface area contributed by atoms with Gasteiger partial charge in [0.2, 0.25) is 0 Å². The number of rotatable bonds is 2. The Balaban J connectivity index is 2.24. The van der Waals surface area contributed by atoms with Crippen molar-refractivity contribution in [3.05, 3.63) is 63.9 Å². The molecule has 0 aliphatic heterocycles. The molecule has 0 fully saturated rings. The highest BCUT2D eigenvalue weighted by Gasteiger charge is 2.09. The molecular weight excluding hydrogens is 276 g/mol. The topological polar surface area (TPSA) is 29.1 Å². The summed E-state index contributed by atoms with van der Waals surface area (Å²) in [5.41, 5.74) is 0.601. The zero-order valence-electron chi connectivity index (χ0n) is 9.08. The van der Waals surface area contributed by atoms with Gasteiger partial charge in [-0.2, -0.15) is 0 Å². The molecule has 0 saturated carbocycles. The molecular formula is C13H8Cl2FNO. The van der Waals surface area contributed by atoms with Crippen LogP contribution in [0.1, 0.15) is 10.4 Å². The van der Waals surface area contributed by atoms with Gasteiger partial charge in [-0.1, -0.05) is 29.3 Å². The Morgan fingerprint density at radius 1 is 1.11 bits per heavy atom. The number of carbonyl (C=O) groups excluding carboxylic acids is 1. The summed E-state index contributed by atoms with van der Waals surface area (Å²) in [6, 6.07) is 10.1. The highest BCUT2D eigenvalue weighted by Crippen LogP contribution is 2.25. The predicted octanol–water partition coefficient (Wildman–Crippen LogP) is 4.38. The Hall–Kier alpha value is -1.58. The van der Waals surface area contributed by atoms with Crippen molar-refractivity contribution >= 4 is 34.8 Å². The van der Waals surface area contributed by atoms with Crippen molar-refractivity contribution in [2.45, 2.75) is 0 Å². The van der Waals surface area contributed by atoms with Crippen LogP contribution in [-0.4, -0.2) is 5.91 Å². The van der Waals surface area contributed by atoms with Gasteiger partial charge in [-0.25, -0.2) is 4.39 Å². The fourth-order valence-corrected chi connectivity index (χ4v) is 1.75. The maximum absolute atomic E-state index is 13.0. The summed E-state index contributed by atoms with van der Waals surface area (Å²) in [5, 5.41) is 3.39. The zero-order chi connectivity index (χ0) is 13.1. The molecule has 0 unspecified atom stereocenters. The van der Waals surface area contributed by atoms with E-state index in [4.69, 9.17) is 23.2 Å². The van der Waals surface area contributed by atoms with E-state index in [1.807, 2.05) is 0 Å². The summed E-state index contributed by atoms with van der Waals surface area (Å²) in [6.07, 6.45) is 0. The van der Waals surface area contributed by atoms with E-state index in [9.17, 15) is 9.18 Å². The van der Waals surface area contributed by atoms with Crippen molar-refractivity contribution in [1.82, 2.24) is 0 Å². The SMILES string of the molecule is O=C(Nc1cc(Cl)ccc1Cl)c1cccc(F)c1. The Labute approximate surface area is 113 Å². The molecule has 0 atom stereocenters. The van der Waals surface area contributed by atoms with Gasteiger partial charge in [0.25, 0.3) is 5.91 Å². The smallest absolute Gasteiger partial charge is 0.255 e. The molecule has 0 heterocycles. The summed E-state index contributed by atoms with van der Waals surface area (Å²) < 4.78 is 13.0. The summed E-state index contributed by atoms with van der Waals surface area (Å²) in [5.74, 6) is -0.918. The molecule has 0 aromatic heterocycles. The minimum absolute atomic E-state index is 0.214. The van der Waals surface area contributed by atoms with E-state index in [-0.39, 0.29) is 5.56 Å². The molecule has 5 heteroatoms. The Kier molecular flexibility index (Phi) is 3.84. The van der Waals surface area contributed by atoms with Crippen molar-refractivity contribution in [2.75, 3.05) is 5.32 Å². The van der Waals surface area contributed by atoms with Gasteiger partial charge < -0.3 is 5.32 Å². The Bertz CT molecular complexity index is 601. The number of amides is 1. The number of hydrogen-bond donors (Lipinski definition) is 1. The van der Waals surface area contributed by atoms with Gasteiger partial charge in [0, 0.05) is 10.6 Å². The summed E-state index contributed by atoms with van der Waals surface area (Å²) >= 11 is 11.7. The minimum atomic E-state index is -0.472. The van der Waals surface area contributed by atoms with E-state index in [2.05, 4.69) is 5.32 Å². The van der Waals surface area contributed by atoms with Gasteiger partial charge >= 0.3 is 0 Å². The maximum Gasteiger partial charge on any atom is 0.255 e. The second-order valence-electron chi connectivity index (χ2n) is 3.59. The number of nitrogens with one attached hydrogen (secondary N) is 1. The predicted molar refractivity (Wildman–Crippen MR) is 70.8 cm³/mol. The number of benzene rings is 2. The van der Waals surface area contributed by atoms with Crippen LogP contribution in [0.2, 0.25) is 10.0 Å². The normalized spacial score (nSPS) is 10.2. The van der Waals surface area contributed by atoms with Gasteiger partial charge in [0.15, 0.2) is 0 Å². The molecule has 18 heavy (non-hydrogen) atoms. The first-order valence-corrected chi connectivity index (χ1v) is 5.84. The monoisotopic (exact) mass is 283 g/mol. The van der Waals surface area contributed by atoms with E-state index in [0.29, 0.717) is 15.7 Å². The van der Waals surface area contributed by atoms with Gasteiger partial charge in [-0.15, -0.1) is 0 Å². The molecule has 92 valence electrons. The number of halogens is 3. The van der Waals surface area contributed by atoms with Crippen LogP contribution >= 0.6 is 23.2 Å². The maximum atomic E-state index is 13.0. The number of hydrogen-bond acceptors (Lipinski definition) is 1. The summed E-state index contributed by atoms with van der Waals surface area (Å²) in [6.45, 7) is 0. The van der Waals surface area contributed by atoms with Crippen molar-refractivity contribution in [3.8, 4) is 0 Å². The second kappa shape index (κ2) is 5.38. The van der Waals surface area contributed by atoms with Gasteiger partial charge in [-0.3, -0.25) is 4.79 Å². The third kappa shape index (κ3) is 3.00. The second-order valence-corrected chi connectivity index (χ2v) is 4.43. The third-order valence-electron chi connectivity index (χ3n) is 2.26. The fourth-order valence-electron chi connectivity index (χ4n) is 1.42. The average Bonchev–Trinajstić information content (AvgIpc) is 2.34. The summed E-state index contributed by atoms with van der Waals surface area (Å²) in [7, 11) is 0. The molecule has 0 aliphatic rings. The van der Waals surface area contributed by atoms with Gasteiger partial charge in [-0.05, 0) is 36.4 Å². The highest BCUT2D eigenvalue weighted by molar-refractivity contribution is 6.35. The zero-order valence-corrected chi connectivity index (χ0v) is 10.6. The average molecular weight is 284 g/mol. The standard InChI is InChI=1S/C13H8Cl2FNO/c14-9-4-5-11(15)12(7-9)17-13(18)8-2-1-3-10(16)6-8/h1-7H,(H,17,18). The van der Waals surface area contributed by atoms with Crippen LogP contribution in [0, 0.1) is 5.82 Å². The van der Waals surface area contributed by atoms with E-state index in [1.54, 1.807) is 12.1 Å². The molecule has 1 amide bonds. The fraction of sp³-hybridized carbons (Fsp3) is 0. The van der Waals surface area contributed by atoms with Crippen LogP contribution in [0.4, 0.5) is 10.1 Å². The van der Waals surface area contributed by atoms with E-state index in [0.717, 1.165) is 6.07 Å². The van der Waals surface area contributed by atoms with Crippen LogP contribution in [0.5, 0.6) is 0 Å². The van der Waals surface area contributed by atoms with Crippen LogP contribution in [0.25, 0.3) is 0 Å². The lowest BCUT2D eigenvalue weighted by molar-refractivity contribution is 0.102. The first-order chi connectivity index (χ1) is 8.56. The number of anilines is 1. The molecule has 2 rings (SSSR count). The van der Waals surface area contributed by atoms with E-state index < -0.39 is 11.7 Å². The molecule has 1 N–H and O–H groups in total. The van der Waals surface area contributed by atoms with Crippen LogP contribution in [-0.2, 0) is 0 Å². The van der Waals surface area contributed by atoms with Crippen LogP contribution < -0.4 is 5.32 Å². The Morgan fingerprint density at radius 3 is 2.61 bits per heavy atom. The van der Waals surface area contributed by atoms with E-state index in [1.165, 1.54) is 24.3 Å². The van der Waals surface area contributed by atoms with Crippen LogP contribution in [0.15, 0.2) is 42.5 Å². The van der Waals surface area contributed by atoms with Gasteiger partial charge in [0.05, 0.1) is 10.7 Å². The molecule has 2 aromatic carbocycles. The van der Waals surface area contributed by atoms with Crippen molar-refractivity contribution in [1.29, 1.82) is 0 Å². The van der Waals surface area contributed by atoms with Crippen LogP contribution in [0.3, 0.4) is 0 Å². The summed E-state index contributed by atoms with van der Waals surface area (Å²) in [4.78, 5) is 11.9. The van der Waals surface area contributed by atoms with Crippen molar-refractivity contribution < 1.29 is 9.18 Å². The molecule has 0 bridgehead atoms. The lowest BCUT2D eigenvalue weighted by atomic mass is 10.2. The Morgan fingerprint density at radius 2 is 1.89 bits per heavy atom. The lowest BCUT2D eigenvalue weighted by Crippen LogP contribution is -2.12.